The van der Waals surface area contributed by atoms with E-state index in [0.717, 1.165) is 36.8 Å². The Bertz CT molecular complexity index is 1180. The molecule has 2 unspecified atom stereocenters. The lowest BCUT2D eigenvalue weighted by atomic mass is 10.0. The van der Waals surface area contributed by atoms with Crippen molar-refractivity contribution >= 4 is 12.0 Å². The average Bonchev–Trinajstić information content (AvgIpc) is 3.61. The van der Waals surface area contributed by atoms with Crippen LogP contribution >= 0.6 is 0 Å². The second-order valence-electron chi connectivity index (χ2n) is 9.35. The molecule has 36 heavy (non-hydrogen) atoms. The fourth-order valence-corrected chi connectivity index (χ4v) is 4.23. The highest BCUT2D eigenvalue weighted by atomic mass is 19.1. The number of rotatable bonds is 7. The Morgan fingerprint density at radius 2 is 2.03 bits per heavy atom. The van der Waals surface area contributed by atoms with Crippen LogP contribution in [0.2, 0.25) is 0 Å². The number of anilines is 1. The molecule has 0 spiro atoms. The smallest absolute Gasteiger partial charge is 0.153 e. The van der Waals surface area contributed by atoms with Crippen molar-refractivity contribution in [3.05, 3.63) is 53.7 Å². The molecule has 2 fully saturated rings. The number of carbonyl (C=O) groups is 1. The number of benzene rings is 1. The van der Waals surface area contributed by atoms with Gasteiger partial charge in [0.15, 0.2) is 6.29 Å². The molecule has 9 nitrogen and oxygen atoms in total. The maximum Gasteiger partial charge on any atom is 0.153 e. The quantitative estimate of drug-likeness (QED) is 0.430. The van der Waals surface area contributed by atoms with E-state index in [2.05, 4.69) is 37.8 Å². The van der Waals surface area contributed by atoms with Crippen LogP contribution in [0.1, 0.15) is 42.1 Å². The summed E-state index contributed by atoms with van der Waals surface area (Å²) in [5.41, 5.74) is 3.33. The van der Waals surface area contributed by atoms with Crippen LogP contribution in [0.5, 0.6) is 0 Å². The molecule has 0 amide bonds. The lowest BCUT2D eigenvalue weighted by Crippen LogP contribution is -2.49. The van der Waals surface area contributed by atoms with Gasteiger partial charge in [-0.25, -0.2) is 9.07 Å². The van der Waals surface area contributed by atoms with Gasteiger partial charge < -0.3 is 20.6 Å². The zero-order valence-electron chi connectivity index (χ0n) is 21.0. The highest BCUT2D eigenvalue weighted by molar-refractivity contribution is 5.77. The van der Waals surface area contributed by atoms with Crippen molar-refractivity contribution in [2.24, 2.45) is 0 Å². The van der Waals surface area contributed by atoms with E-state index < -0.39 is 11.9 Å². The van der Waals surface area contributed by atoms with Crippen LogP contribution in [-0.2, 0) is 0 Å². The number of likely N-dealkylation sites (N-methyl/N-ethyl adjacent to an activating group) is 1. The number of hydrogen-bond acceptors (Lipinski definition) is 8. The molecule has 0 radical (unpaired) electrons. The lowest BCUT2D eigenvalue weighted by Gasteiger charge is -2.36. The van der Waals surface area contributed by atoms with E-state index in [0.29, 0.717) is 29.8 Å². The predicted molar refractivity (Wildman–Crippen MR) is 137 cm³/mol. The summed E-state index contributed by atoms with van der Waals surface area (Å²) in [4.78, 5) is 17.6. The van der Waals surface area contributed by atoms with Crippen molar-refractivity contribution in [2.45, 2.75) is 51.3 Å². The fourth-order valence-electron chi connectivity index (χ4n) is 4.23. The van der Waals surface area contributed by atoms with Gasteiger partial charge in [0.05, 0.1) is 35.3 Å². The lowest BCUT2D eigenvalue weighted by molar-refractivity contribution is 0.0627. The normalized spacial score (nSPS) is 19.9. The van der Waals surface area contributed by atoms with E-state index >= 15 is 0 Å². The Labute approximate surface area is 210 Å². The molecule has 10 heteroatoms. The topological polar surface area (TPSA) is 108 Å². The van der Waals surface area contributed by atoms with Crippen LogP contribution in [0.3, 0.4) is 0 Å². The molecule has 5 rings (SSSR count). The molecule has 1 aliphatic heterocycles. The number of pyridine rings is 1. The van der Waals surface area contributed by atoms with Crippen molar-refractivity contribution in [2.75, 3.05) is 32.0 Å². The van der Waals surface area contributed by atoms with E-state index in [1.807, 2.05) is 13.1 Å². The molecule has 1 saturated heterocycles. The van der Waals surface area contributed by atoms with Gasteiger partial charge in [0.1, 0.15) is 11.5 Å². The number of nitrogens with one attached hydrogen (secondary N) is 2. The summed E-state index contributed by atoms with van der Waals surface area (Å²) in [6.45, 7) is 6.35. The number of piperidine rings is 1. The second kappa shape index (κ2) is 11.7. The summed E-state index contributed by atoms with van der Waals surface area (Å²) < 4.78 is 15.3. The van der Waals surface area contributed by atoms with Gasteiger partial charge >= 0.3 is 0 Å². The molecular formula is C26H34FN7O2. The Morgan fingerprint density at radius 3 is 2.67 bits per heavy atom. The number of aliphatic hydroxyl groups is 1. The SMILES string of the molecule is CCN1CCC(Nc2cncc(-c3cn(-c4cc(C=O)c(F)cc4C)nn3)c2)C(O)C1.CNC1CC1. The molecule has 3 N–H and O–H groups in total. The van der Waals surface area contributed by atoms with E-state index in [1.165, 1.54) is 29.7 Å². The van der Waals surface area contributed by atoms with Gasteiger partial charge in [0.2, 0.25) is 0 Å². The first-order chi connectivity index (χ1) is 17.4. The van der Waals surface area contributed by atoms with Gasteiger partial charge in [-0.05, 0) is 63.5 Å². The van der Waals surface area contributed by atoms with E-state index in [1.54, 1.807) is 25.5 Å². The Balaban J connectivity index is 0.000000543. The third-order valence-corrected chi connectivity index (χ3v) is 6.67. The number of β-amino-alcohol motifs (C(OH)–C–C–N with tert-alkyl or cyclic N) is 1. The molecule has 3 aromatic rings. The van der Waals surface area contributed by atoms with Crippen LogP contribution < -0.4 is 10.6 Å². The fraction of sp³-hybridized carbons (Fsp3) is 0.462. The number of likely N-dealkylation sites (tertiary alicyclic amines) is 1. The van der Waals surface area contributed by atoms with Crippen LogP contribution in [0.4, 0.5) is 10.1 Å². The first kappa shape index (κ1) is 25.9. The van der Waals surface area contributed by atoms with Gasteiger partial charge in [-0.15, -0.1) is 5.10 Å². The largest absolute Gasteiger partial charge is 0.390 e. The minimum atomic E-state index is -0.563. The van der Waals surface area contributed by atoms with Gasteiger partial charge in [0, 0.05) is 37.1 Å². The first-order valence-electron chi connectivity index (χ1n) is 12.4. The minimum Gasteiger partial charge on any atom is -0.390 e. The number of halogens is 1. The maximum atomic E-state index is 13.8. The third-order valence-electron chi connectivity index (χ3n) is 6.67. The first-order valence-corrected chi connectivity index (χ1v) is 12.4. The third kappa shape index (κ3) is 6.31. The Kier molecular flexibility index (Phi) is 8.40. The number of aromatic nitrogens is 4. The number of hydrogen-bond donors (Lipinski definition) is 3. The van der Waals surface area contributed by atoms with Crippen LogP contribution in [0.25, 0.3) is 16.9 Å². The number of aldehydes is 1. The zero-order valence-corrected chi connectivity index (χ0v) is 21.0. The molecular weight excluding hydrogens is 461 g/mol. The highest BCUT2D eigenvalue weighted by Gasteiger charge is 2.27. The second-order valence-corrected chi connectivity index (χ2v) is 9.35. The monoisotopic (exact) mass is 495 g/mol. The molecule has 1 aliphatic carbocycles. The molecule has 2 atom stereocenters. The average molecular weight is 496 g/mol. The van der Waals surface area contributed by atoms with Crippen LogP contribution in [0, 0.1) is 12.7 Å². The van der Waals surface area contributed by atoms with Crippen LogP contribution in [-0.4, -0.2) is 81.1 Å². The van der Waals surface area contributed by atoms with Crippen molar-refractivity contribution < 1.29 is 14.3 Å². The molecule has 1 saturated carbocycles. The molecule has 2 aliphatic rings. The standard InChI is InChI=1S/C22H25FN6O2.C4H9N/c1-3-28-5-4-19(22(31)12-28)25-17-7-15(9-24-10-17)20-11-29(27-26-20)21-8-16(13-30)18(23)6-14(21)2;1-5-4-2-3-4/h6-11,13,19,22,25,31H,3-5,12H2,1-2H3;4-5H,2-3H2,1H3. The summed E-state index contributed by atoms with van der Waals surface area (Å²) in [6.07, 6.45) is 8.79. The number of aliphatic hydroxyl groups excluding tert-OH is 1. The van der Waals surface area contributed by atoms with E-state index in [9.17, 15) is 14.3 Å². The van der Waals surface area contributed by atoms with Gasteiger partial charge in [0.25, 0.3) is 0 Å². The summed E-state index contributed by atoms with van der Waals surface area (Å²) in [5.74, 6) is -0.563. The number of aryl methyl sites for hydroxylation is 1. The zero-order chi connectivity index (χ0) is 25.7. The van der Waals surface area contributed by atoms with Gasteiger partial charge in [-0.3, -0.25) is 9.78 Å². The predicted octanol–water partition coefficient (Wildman–Crippen LogP) is 2.82. The number of carbonyl (C=O) groups excluding carboxylic acids is 1. The Morgan fingerprint density at radius 1 is 1.22 bits per heavy atom. The van der Waals surface area contributed by atoms with Crippen molar-refractivity contribution in [1.82, 2.24) is 30.2 Å². The van der Waals surface area contributed by atoms with Crippen LogP contribution in [0.15, 0.2) is 36.8 Å². The van der Waals surface area contributed by atoms with Crippen molar-refractivity contribution in [1.29, 1.82) is 0 Å². The summed E-state index contributed by atoms with van der Waals surface area (Å²) >= 11 is 0. The van der Waals surface area contributed by atoms with Gasteiger partial charge in [-0.1, -0.05) is 12.1 Å². The molecule has 3 heterocycles. The van der Waals surface area contributed by atoms with Crippen molar-refractivity contribution in [3.63, 3.8) is 0 Å². The highest BCUT2D eigenvalue weighted by Crippen LogP contribution is 2.24. The minimum absolute atomic E-state index is 0.0295. The maximum absolute atomic E-state index is 13.8. The number of nitrogens with zero attached hydrogens (tertiary/aromatic N) is 5. The molecule has 2 aromatic heterocycles. The Hall–Kier alpha value is -3.21. The summed E-state index contributed by atoms with van der Waals surface area (Å²) in [5, 5.41) is 25.3. The molecule has 0 bridgehead atoms. The summed E-state index contributed by atoms with van der Waals surface area (Å²) in [6, 6.07) is 5.52. The van der Waals surface area contributed by atoms with E-state index in [-0.39, 0.29) is 11.6 Å². The molecule has 1 aromatic carbocycles. The summed E-state index contributed by atoms with van der Waals surface area (Å²) in [7, 11) is 2.01. The van der Waals surface area contributed by atoms with E-state index in [4.69, 9.17) is 0 Å². The molecule has 192 valence electrons. The van der Waals surface area contributed by atoms with Crippen molar-refractivity contribution in [3.8, 4) is 16.9 Å². The van der Waals surface area contributed by atoms with Gasteiger partial charge in [-0.2, -0.15) is 0 Å².